The summed E-state index contributed by atoms with van der Waals surface area (Å²) in [5.41, 5.74) is 0. The maximum absolute atomic E-state index is 13.2. The standard InChI is InChI=1S/C18H25FN4O/c1-3-20-18(21-9-12-23-10-4-5-11-23)22-14-15(2)24-17-8-6-7-16(19)13-17/h4-8,10-11,13,15H,3,9,12,14H2,1-2H3,(H2,20,21,22). The number of aliphatic imine (C=N–C) groups is 1. The average molecular weight is 332 g/mol. The van der Waals surface area contributed by atoms with E-state index in [1.165, 1.54) is 12.1 Å². The molecule has 1 aromatic heterocycles. The van der Waals surface area contributed by atoms with Crippen LogP contribution in [-0.2, 0) is 6.54 Å². The van der Waals surface area contributed by atoms with Crippen LogP contribution in [0.15, 0.2) is 53.8 Å². The van der Waals surface area contributed by atoms with Gasteiger partial charge in [-0.3, -0.25) is 0 Å². The third-order valence-corrected chi connectivity index (χ3v) is 3.31. The van der Waals surface area contributed by atoms with Gasteiger partial charge in [0.05, 0.1) is 6.54 Å². The lowest BCUT2D eigenvalue weighted by Crippen LogP contribution is -2.39. The number of nitrogens with one attached hydrogen (secondary N) is 2. The van der Waals surface area contributed by atoms with Gasteiger partial charge in [-0.05, 0) is 38.1 Å². The molecular weight excluding hydrogens is 307 g/mol. The van der Waals surface area contributed by atoms with E-state index >= 15 is 0 Å². The minimum Gasteiger partial charge on any atom is -0.489 e. The van der Waals surface area contributed by atoms with E-state index in [4.69, 9.17) is 4.74 Å². The van der Waals surface area contributed by atoms with Gasteiger partial charge in [-0.2, -0.15) is 0 Å². The lowest BCUT2D eigenvalue weighted by atomic mass is 10.3. The zero-order valence-electron chi connectivity index (χ0n) is 14.2. The fraction of sp³-hybridized carbons (Fsp3) is 0.389. The van der Waals surface area contributed by atoms with Gasteiger partial charge in [0.15, 0.2) is 5.96 Å². The lowest BCUT2D eigenvalue weighted by Gasteiger charge is -2.15. The van der Waals surface area contributed by atoms with Gasteiger partial charge in [-0.15, -0.1) is 0 Å². The fourth-order valence-electron chi connectivity index (χ4n) is 2.19. The molecule has 0 fully saturated rings. The minimum absolute atomic E-state index is 0.147. The molecule has 6 heteroatoms. The molecule has 0 aliphatic carbocycles. The van der Waals surface area contributed by atoms with E-state index in [-0.39, 0.29) is 11.9 Å². The van der Waals surface area contributed by atoms with Crippen molar-refractivity contribution in [3.05, 3.63) is 54.6 Å². The number of hydrogen-bond donors (Lipinski definition) is 2. The second-order valence-corrected chi connectivity index (χ2v) is 5.45. The molecule has 1 atom stereocenters. The van der Waals surface area contributed by atoms with Crippen LogP contribution in [0.4, 0.5) is 4.39 Å². The largest absolute Gasteiger partial charge is 0.489 e. The van der Waals surface area contributed by atoms with Gasteiger partial charge >= 0.3 is 0 Å². The van der Waals surface area contributed by atoms with E-state index in [1.807, 2.05) is 38.4 Å². The summed E-state index contributed by atoms with van der Waals surface area (Å²) in [6.07, 6.45) is 3.91. The molecule has 0 aliphatic heterocycles. The fourth-order valence-corrected chi connectivity index (χ4v) is 2.19. The van der Waals surface area contributed by atoms with E-state index < -0.39 is 0 Å². The molecule has 0 amide bonds. The molecule has 0 saturated heterocycles. The second kappa shape index (κ2) is 9.60. The van der Waals surface area contributed by atoms with E-state index in [0.717, 1.165) is 25.6 Å². The number of rotatable bonds is 8. The Bertz CT molecular complexity index is 628. The number of benzene rings is 1. The maximum Gasteiger partial charge on any atom is 0.191 e. The molecule has 1 heterocycles. The van der Waals surface area contributed by atoms with Crippen molar-refractivity contribution in [3.63, 3.8) is 0 Å². The Morgan fingerprint density at radius 3 is 2.75 bits per heavy atom. The smallest absolute Gasteiger partial charge is 0.191 e. The summed E-state index contributed by atoms with van der Waals surface area (Å²) in [6.45, 7) is 6.85. The molecule has 0 spiro atoms. The molecule has 2 aromatic rings. The van der Waals surface area contributed by atoms with Gasteiger partial charge in [0.1, 0.15) is 17.7 Å². The maximum atomic E-state index is 13.2. The molecule has 0 radical (unpaired) electrons. The van der Waals surface area contributed by atoms with E-state index in [0.29, 0.717) is 12.3 Å². The lowest BCUT2D eigenvalue weighted by molar-refractivity contribution is 0.229. The molecule has 0 saturated carbocycles. The normalized spacial score (nSPS) is 12.7. The van der Waals surface area contributed by atoms with E-state index in [2.05, 4.69) is 20.2 Å². The highest BCUT2D eigenvalue weighted by Crippen LogP contribution is 2.13. The van der Waals surface area contributed by atoms with Crippen LogP contribution in [0.25, 0.3) is 0 Å². The molecular formula is C18H25FN4O. The van der Waals surface area contributed by atoms with E-state index in [9.17, 15) is 4.39 Å². The van der Waals surface area contributed by atoms with Crippen LogP contribution in [0.5, 0.6) is 5.75 Å². The highest BCUT2D eigenvalue weighted by Gasteiger charge is 2.05. The molecule has 0 aliphatic rings. The van der Waals surface area contributed by atoms with Crippen molar-refractivity contribution in [1.82, 2.24) is 15.2 Å². The Balaban J connectivity index is 1.80. The first-order valence-electron chi connectivity index (χ1n) is 8.22. The second-order valence-electron chi connectivity index (χ2n) is 5.45. The Morgan fingerprint density at radius 1 is 1.25 bits per heavy atom. The molecule has 5 nitrogen and oxygen atoms in total. The summed E-state index contributed by atoms with van der Waals surface area (Å²) in [5, 5.41) is 6.49. The topological polar surface area (TPSA) is 50.6 Å². The molecule has 2 rings (SSSR count). The predicted molar refractivity (Wildman–Crippen MR) is 94.9 cm³/mol. The number of guanidine groups is 1. The van der Waals surface area contributed by atoms with Crippen molar-refractivity contribution in [3.8, 4) is 5.75 Å². The highest BCUT2D eigenvalue weighted by molar-refractivity contribution is 5.79. The van der Waals surface area contributed by atoms with Gasteiger partial charge in [-0.25, -0.2) is 9.38 Å². The molecule has 1 unspecified atom stereocenters. The first kappa shape index (κ1) is 17.8. The summed E-state index contributed by atoms with van der Waals surface area (Å²) >= 11 is 0. The summed E-state index contributed by atoms with van der Waals surface area (Å²) in [7, 11) is 0. The highest BCUT2D eigenvalue weighted by atomic mass is 19.1. The SMILES string of the molecule is CCNC(=NCC(C)Oc1cccc(F)c1)NCCn1cccc1. The summed E-state index contributed by atoms with van der Waals surface area (Å²) in [6, 6.07) is 10.2. The van der Waals surface area contributed by atoms with Crippen molar-refractivity contribution >= 4 is 5.96 Å². The van der Waals surface area contributed by atoms with Crippen LogP contribution in [0, 0.1) is 5.82 Å². The average Bonchev–Trinajstić information content (AvgIpc) is 3.06. The molecule has 2 N–H and O–H groups in total. The first-order chi connectivity index (χ1) is 11.7. The van der Waals surface area contributed by atoms with Crippen molar-refractivity contribution in [2.45, 2.75) is 26.5 Å². The van der Waals surface area contributed by atoms with Gasteiger partial charge in [0, 0.05) is 38.1 Å². The predicted octanol–water partition coefficient (Wildman–Crippen LogP) is 2.65. The number of halogens is 1. The third kappa shape index (κ3) is 6.32. The van der Waals surface area contributed by atoms with Crippen LogP contribution in [0.1, 0.15) is 13.8 Å². The molecule has 130 valence electrons. The quantitative estimate of drug-likeness (QED) is 0.577. The van der Waals surface area contributed by atoms with Crippen molar-refractivity contribution in [1.29, 1.82) is 0 Å². The van der Waals surface area contributed by atoms with Crippen LogP contribution in [0.2, 0.25) is 0 Å². The van der Waals surface area contributed by atoms with Gasteiger partial charge in [0.2, 0.25) is 0 Å². The molecule has 24 heavy (non-hydrogen) atoms. The van der Waals surface area contributed by atoms with Crippen LogP contribution in [0.3, 0.4) is 0 Å². The zero-order chi connectivity index (χ0) is 17.2. The number of ether oxygens (including phenoxy) is 1. The Kier molecular flexibility index (Phi) is 7.14. The Morgan fingerprint density at radius 2 is 2.04 bits per heavy atom. The molecule has 1 aromatic carbocycles. The van der Waals surface area contributed by atoms with Crippen molar-refractivity contribution in [2.75, 3.05) is 19.6 Å². The van der Waals surface area contributed by atoms with Gasteiger partial charge in [0.25, 0.3) is 0 Å². The van der Waals surface area contributed by atoms with Gasteiger partial charge < -0.3 is 19.9 Å². The monoisotopic (exact) mass is 332 g/mol. The number of aromatic nitrogens is 1. The zero-order valence-corrected chi connectivity index (χ0v) is 14.2. The Hall–Kier alpha value is -2.50. The molecule has 0 bridgehead atoms. The number of nitrogens with zero attached hydrogens (tertiary/aromatic N) is 2. The first-order valence-corrected chi connectivity index (χ1v) is 8.22. The minimum atomic E-state index is -0.303. The summed E-state index contributed by atoms with van der Waals surface area (Å²) in [5.74, 6) is 0.964. The van der Waals surface area contributed by atoms with Crippen LogP contribution < -0.4 is 15.4 Å². The summed E-state index contributed by atoms with van der Waals surface area (Å²) in [4.78, 5) is 4.52. The van der Waals surface area contributed by atoms with Crippen molar-refractivity contribution in [2.24, 2.45) is 4.99 Å². The van der Waals surface area contributed by atoms with E-state index in [1.54, 1.807) is 12.1 Å². The van der Waals surface area contributed by atoms with Crippen molar-refractivity contribution < 1.29 is 9.13 Å². The third-order valence-electron chi connectivity index (χ3n) is 3.31. The summed E-state index contributed by atoms with van der Waals surface area (Å²) < 4.78 is 20.9. The van der Waals surface area contributed by atoms with Gasteiger partial charge in [-0.1, -0.05) is 6.07 Å². The Labute approximate surface area is 142 Å². The van der Waals surface area contributed by atoms with Crippen LogP contribution in [-0.4, -0.2) is 36.3 Å². The van der Waals surface area contributed by atoms with Crippen LogP contribution >= 0.6 is 0 Å². The number of hydrogen-bond acceptors (Lipinski definition) is 2.